The first-order chi connectivity index (χ1) is 37.4. The Balaban J connectivity index is 0.729. The lowest BCUT2D eigenvalue weighted by Crippen LogP contribution is -2.58. The molecular formula is C58H74N10O7S3. The molecule has 3 saturated heterocycles. The van der Waals surface area contributed by atoms with E-state index in [1.54, 1.807) is 46.3 Å². The number of aliphatic hydroxyl groups is 1. The highest BCUT2D eigenvalue weighted by molar-refractivity contribution is 8.01. The first-order valence-electron chi connectivity index (χ1n) is 27.2. The Labute approximate surface area is 470 Å². The number of carbonyl (C=O) groups excluding carboxylic acids is 5. The van der Waals surface area contributed by atoms with Crippen LogP contribution in [0.1, 0.15) is 104 Å². The molecule has 4 fully saturated rings. The van der Waals surface area contributed by atoms with E-state index in [1.807, 2.05) is 80.0 Å². The maximum atomic E-state index is 14.5. The zero-order valence-corrected chi connectivity index (χ0v) is 48.3. The van der Waals surface area contributed by atoms with E-state index in [0.29, 0.717) is 60.8 Å². The fraction of sp³-hybridized carbons (Fsp3) is 0.500. The number of rotatable bonds is 15. The maximum absolute atomic E-state index is 14.5. The molecule has 5 heterocycles. The smallest absolute Gasteiger partial charge is 0.257 e. The first-order valence-corrected chi connectivity index (χ1v) is 29.7. The van der Waals surface area contributed by atoms with Crippen LogP contribution in [0.4, 0.5) is 10.8 Å². The lowest BCUT2D eigenvalue weighted by molar-refractivity contribution is -0.142. The quantitative estimate of drug-likeness (QED) is 0.0747. The minimum Gasteiger partial charge on any atom is -0.496 e. The van der Waals surface area contributed by atoms with Crippen LogP contribution in [0.15, 0.2) is 81.5 Å². The number of likely N-dealkylation sites (tertiary alicyclic amines) is 1. The van der Waals surface area contributed by atoms with Gasteiger partial charge in [0.25, 0.3) is 11.8 Å². The highest BCUT2D eigenvalue weighted by Crippen LogP contribution is 2.39. The van der Waals surface area contributed by atoms with E-state index in [2.05, 4.69) is 56.5 Å². The van der Waals surface area contributed by atoms with Crippen molar-refractivity contribution in [3.8, 4) is 16.2 Å². The van der Waals surface area contributed by atoms with Crippen molar-refractivity contribution in [1.29, 1.82) is 0 Å². The highest BCUT2D eigenvalue weighted by atomic mass is 32.2. The fourth-order valence-corrected chi connectivity index (χ4v) is 13.9. The summed E-state index contributed by atoms with van der Waals surface area (Å²) in [7, 11) is 1.56. The van der Waals surface area contributed by atoms with Gasteiger partial charge in [0.05, 0.1) is 51.3 Å². The average Bonchev–Trinajstić information content (AvgIpc) is 4.16. The monoisotopic (exact) mass is 1120 g/mol. The summed E-state index contributed by atoms with van der Waals surface area (Å²) >= 11 is 4.45. The van der Waals surface area contributed by atoms with Gasteiger partial charge >= 0.3 is 0 Å². The van der Waals surface area contributed by atoms with E-state index in [1.165, 1.54) is 23.1 Å². The van der Waals surface area contributed by atoms with Crippen LogP contribution in [-0.4, -0.2) is 160 Å². The molecule has 2 aromatic heterocycles. The number of benzene rings is 3. The summed E-state index contributed by atoms with van der Waals surface area (Å²) in [6.45, 7) is 17.7. The average molecular weight is 1120 g/mol. The van der Waals surface area contributed by atoms with E-state index in [9.17, 15) is 29.1 Å². The van der Waals surface area contributed by atoms with Gasteiger partial charge < -0.3 is 40.1 Å². The van der Waals surface area contributed by atoms with Gasteiger partial charge in [0.2, 0.25) is 17.7 Å². The normalized spacial score (nSPS) is 20.8. The molecule has 0 radical (unpaired) electrons. The summed E-state index contributed by atoms with van der Waals surface area (Å²) in [6.07, 6.45) is 6.24. The Hall–Kier alpha value is -5.90. The molecule has 4 aliphatic rings. The van der Waals surface area contributed by atoms with Crippen LogP contribution in [0.3, 0.4) is 0 Å². The number of methoxy groups -OCH3 is 1. The van der Waals surface area contributed by atoms with Crippen molar-refractivity contribution in [3.63, 3.8) is 0 Å². The predicted octanol–water partition coefficient (Wildman–Crippen LogP) is 7.71. The van der Waals surface area contributed by atoms with E-state index in [0.717, 1.165) is 100 Å². The molecular weight excluding hydrogens is 1040 g/mol. The molecule has 5 aromatic rings. The second-order valence-electron chi connectivity index (χ2n) is 22.1. The number of nitrogens with one attached hydrogen (secondary N) is 3. The van der Waals surface area contributed by atoms with E-state index in [-0.39, 0.29) is 48.5 Å². The molecule has 5 atom stereocenters. The van der Waals surface area contributed by atoms with E-state index < -0.39 is 23.6 Å². The Morgan fingerprint density at radius 1 is 0.872 bits per heavy atom. The summed E-state index contributed by atoms with van der Waals surface area (Å²) in [5.41, 5.74) is 7.47. The molecule has 17 nitrogen and oxygen atoms in total. The molecule has 416 valence electrons. The van der Waals surface area contributed by atoms with Crippen molar-refractivity contribution in [2.45, 2.75) is 126 Å². The Morgan fingerprint density at radius 2 is 1.59 bits per heavy atom. The van der Waals surface area contributed by atoms with Gasteiger partial charge in [-0.15, -0.1) is 11.3 Å². The molecule has 5 amide bonds. The Kier molecular flexibility index (Phi) is 18.2. The Bertz CT molecular complexity index is 2930. The zero-order valence-electron chi connectivity index (χ0n) is 45.9. The van der Waals surface area contributed by atoms with Gasteiger partial charge in [0.15, 0.2) is 5.13 Å². The van der Waals surface area contributed by atoms with Crippen molar-refractivity contribution < 1.29 is 33.8 Å². The number of aryl methyl sites for hydroxylation is 2. The first kappa shape index (κ1) is 56.8. The number of carbonyl (C=O) groups is 5. The third-order valence-corrected chi connectivity index (χ3v) is 18.9. The standard InChI is InChI=1S/C58H74N10O7S3/c1-36-29-48(75-7)46(55(73)67-27-21-64(22-28-67)38(3)69)31-49(36)77-50-33-60-57(78-50)63-53(71)41-15-18-44(19-16-41)66-25-23-65(24-26-66)43-10-8-9-42(17-20-43)62-52(58(4,5)6)56(74)68-34-45(70)30-47(68)54(72)59-32-39-11-13-40(14-12-39)51-37(2)61-35-76-51/h11-16,18-19,29,31,33,35,42-43,45,47,52,62,70H,8-10,17,20-28,30,32,34H2,1-7H3,(H,59,72)(H,60,63,71)/t42?,43?,45-,47?,52-/m1/s1. The summed E-state index contributed by atoms with van der Waals surface area (Å²) in [5, 5.41) is 21.1. The number of anilines is 2. The number of nitrogens with zero attached hydrogens (tertiary/aromatic N) is 7. The van der Waals surface area contributed by atoms with Crippen molar-refractivity contribution in [3.05, 3.63) is 100 Å². The van der Waals surface area contributed by atoms with E-state index >= 15 is 0 Å². The molecule has 4 N–H and O–H groups in total. The second-order valence-corrected chi connectivity index (χ2v) is 25.4. The SMILES string of the molecule is COc1cc(C)c(Sc2cnc(NC(=O)c3ccc(N4CCN(C5CCCC(N[C@H](C(=O)N6C[C@H](O)CC6C(=O)NCc6ccc(-c7scnc7C)cc6)C(C)(C)C)CC5)CC4)cc3)s2)cc1C(=O)N1CCN(C(C)=O)CC1. The summed E-state index contributed by atoms with van der Waals surface area (Å²) in [6, 6.07) is 18.9. The molecule has 1 aliphatic carbocycles. The van der Waals surface area contributed by atoms with Crippen LogP contribution in [0.2, 0.25) is 0 Å². The third-order valence-electron chi connectivity index (χ3n) is 15.7. The third kappa shape index (κ3) is 13.6. The van der Waals surface area contributed by atoms with Crippen LogP contribution in [0.25, 0.3) is 10.4 Å². The van der Waals surface area contributed by atoms with Gasteiger partial charge in [-0.3, -0.25) is 34.2 Å². The van der Waals surface area contributed by atoms with Gasteiger partial charge in [0, 0.05) is 107 Å². The number of amides is 5. The number of hydrogen-bond donors (Lipinski definition) is 4. The Morgan fingerprint density at radius 3 is 2.26 bits per heavy atom. The minimum absolute atomic E-state index is 0.00679. The van der Waals surface area contributed by atoms with Gasteiger partial charge in [-0.2, -0.15) is 0 Å². The molecule has 0 bridgehead atoms. The van der Waals surface area contributed by atoms with Crippen molar-refractivity contribution in [2.75, 3.05) is 76.2 Å². The van der Waals surface area contributed by atoms with Crippen molar-refractivity contribution in [1.82, 2.24) is 40.2 Å². The number of ether oxygens (including phenoxy) is 1. The number of hydrogen-bond acceptors (Lipinski definition) is 15. The number of aliphatic hydroxyl groups excluding tert-OH is 1. The molecule has 20 heteroatoms. The molecule has 1 saturated carbocycles. The number of aromatic nitrogens is 2. The van der Waals surface area contributed by atoms with Gasteiger partial charge in [-0.1, -0.05) is 74.6 Å². The van der Waals surface area contributed by atoms with E-state index in [4.69, 9.17) is 4.74 Å². The largest absolute Gasteiger partial charge is 0.496 e. The number of β-amino-alcohol motifs (C(OH)–C–C–N with tert-alkyl or cyclic N) is 1. The maximum Gasteiger partial charge on any atom is 0.257 e. The van der Waals surface area contributed by atoms with Crippen molar-refractivity contribution >= 4 is 74.8 Å². The van der Waals surface area contributed by atoms with Crippen LogP contribution in [-0.2, 0) is 20.9 Å². The minimum atomic E-state index is -0.767. The molecule has 3 aliphatic heterocycles. The lowest BCUT2D eigenvalue weighted by Gasteiger charge is -2.40. The summed E-state index contributed by atoms with van der Waals surface area (Å²) < 4.78 is 6.48. The van der Waals surface area contributed by atoms with Crippen LogP contribution >= 0.6 is 34.4 Å². The summed E-state index contributed by atoms with van der Waals surface area (Å²) in [4.78, 5) is 88.1. The lowest BCUT2D eigenvalue weighted by atomic mass is 9.84. The molecule has 3 aromatic carbocycles. The second kappa shape index (κ2) is 25.0. The molecule has 9 rings (SSSR count). The topological polar surface area (TPSA) is 193 Å². The van der Waals surface area contributed by atoms with Crippen LogP contribution in [0, 0.1) is 19.3 Å². The van der Waals surface area contributed by atoms with Crippen LogP contribution < -0.4 is 25.6 Å². The summed E-state index contributed by atoms with van der Waals surface area (Å²) in [5.74, 6) is -0.259. The fourth-order valence-electron chi connectivity index (χ4n) is 11.2. The van der Waals surface area contributed by atoms with Gasteiger partial charge in [0.1, 0.15) is 11.8 Å². The molecule has 78 heavy (non-hydrogen) atoms. The van der Waals surface area contributed by atoms with Crippen molar-refractivity contribution in [2.24, 2.45) is 5.41 Å². The highest BCUT2D eigenvalue weighted by Gasteiger charge is 2.45. The number of thiazole rings is 2. The predicted molar refractivity (Wildman–Crippen MR) is 308 cm³/mol. The molecule has 0 spiro atoms. The molecule has 3 unspecified atom stereocenters. The zero-order chi connectivity index (χ0) is 55.3. The van der Waals surface area contributed by atoms with Crippen LogP contribution in [0.5, 0.6) is 5.75 Å². The van der Waals surface area contributed by atoms with Gasteiger partial charge in [-0.25, -0.2) is 9.97 Å². The number of piperazine rings is 2. The van der Waals surface area contributed by atoms with Gasteiger partial charge in [-0.05, 0) is 98.0 Å².